The minimum Gasteiger partial charge on any atom is -0.309 e. The maximum Gasteiger partial charge on any atom is 0.258 e. The minimum atomic E-state index is -0.424. The van der Waals surface area contributed by atoms with E-state index in [0.717, 1.165) is 10.9 Å². The highest BCUT2D eigenvalue weighted by Gasteiger charge is 2.18. The van der Waals surface area contributed by atoms with E-state index in [1.807, 2.05) is 12.1 Å². The Morgan fingerprint density at radius 2 is 1.86 bits per heavy atom. The summed E-state index contributed by atoms with van der Waals surface area (Å²) in [6, 6.07) is 15.2. The third kappa shape index (κ3) is 2.36. The minimum absolute atomic E-state index is 0.253. The number of amides is 1. The summed E-state index contributed by atoms with van der Waals surface area (Å²) in [4.78, 5) is 18.2. The number of carbonyl (C=O) groups excluding carboxylic acids is 1. The second kappa shape index (κ2) is 5.32. The average molecular weight is 280 g/mol. The lowest BCUT2D eigenvalue weighted by Crippen LogP contribution is -2.27. The number of hydrogen-bond acceptors (Lipinski definition) is 2. The summed E-state index contributed by atoms with van der Waals surface area (Å²) in [7, 11) is 1.57. The van der Waals surface area contributed by atoms with Gasteiger partial charge in [0.1, 0.15) is 5.82 Å². The Kier molecular flexibility index (Phi) is 3.36. The molecule has 0 fully saturated rings. The van der Waals surface area contributed by atoms with Crippen molar-refractivity contribution in [1.82, 2.24) is 4.98 Å². The van der Waals surface area contributed by atoms with Crippen LogP contribution < -0.4 is 4.90 Å². The van der Waals surface area contributed by atoms with Gasteiger partial charge in [0, 0.05) is 24.2 Å². The molecule has 104 valence electrons. The van der Waals surface area contributed by atoms with Crippen molar-refractivity contribution < 1.29 is 9.18 Å². The van der Waals surface area contributed by atoms with Gasteiger partial charge in [-0.05, 0) is 30.3 Å². The van der Waals surface area contributed by atoms with Crippen LogP contribution in [0.15, 0.2) is 60.8 Å². The summed E-state index contributed by atoms with van der Waals surface area (Å²) in [6.45, 7) is 0. The van der Waals surface area contributed by atoms with Gasteiger partial charge in [0.25, 0.3) is 5.91 Å². The molecule has 0 aliphatic rings. The van der Waals surface area contributed by atoms with Crippen LogP contribution in [0.5, 0.6) is 0 Å². The van der Waals surface area contributed by atoms with Crippen molar-refractivity contribution in [3.05, 3.63) is 72.2 Å². The molecule has 0 unspecified atom stereocenters. The van der Waals surface area contributed by atoms with Crippen LogP contribution in [-0.4, -0.2) is 17.9 Å². The van der Waals surface area contributed by atoms with Gasteiger partial charge in [-0.15, -0.1) is 0 Å². The fourth-order valence-corrected chi connectivity index (χ4v) is 2.30. The van der Waals surface area contributed by atoms with E-state index < -0.39 is 5.82 Å². The highest BCUT2D eigenvalue weighted by atomic mass is 19.1. The van der Waals surface area contributed by atoms with E-state index in [-0.39, 0.29) is 11.6 Å². The lowest BCUT2D eigenvalue weighted by atomic mass is 10.1. The Balaban J connectivity index is 2.07. The summed E-state index contributed by atoms with van der Waals surface area (Å²) in [5.74, 6) is -0.689. The van der Waals surface area contributed by atoms with Crippen molar-refractivity contribution in [2.75, 3.05) is 11.9 Å². The van der Waals surface area contributed by atoms with Crippen LogP contribution in [0.4, 0.5) is 10.1 Å². The van der Waals surface area contributed by atoms with Gasteiger partial charge in [0.15, 0.2) is 0 Å². The number of fused-ring (bicyclic) bond motifs is 1. The molecular formula is C17H13FN2O. The molecule has 0 saturated carbocycles. The van der Waals surface area contributed by atoms with E-state index in [9.17, 15) is 9.18 Å². The number of aromatic nitrogens is 1. The van der Waals surface area contributed by atoms with Crippen molar-refractivity contribution >= 4 is 22.5 Å². The van der Waals surface area contributed by atoms with Crippen LogP contribution in [0.25, 0.3) is 10.9 Å². The number of hydrogen-bond donors (Lipinski definition) is 0. The van der Waals surface area contributed by atoms with Gasteiger partial charge in [0.05, 0.1) is 11.2 Å². The average Bonchev–Trinajstić information content (AvgIpc) is 2.53. The molecule has 3 nitrogen and oxygen atoms in total. The fourth-order valence-electron chi connectivity index (χ4n) is 2.30. The monoisotopic (exact) mass is 280 g/mol. The van der Waals surface area contributed by atoms with Crippen molar-refractivity contribution in [2.45, 2.75) is 0 Å². The van der Waals surface area contributed by atoms with Crippen LogP contribution >= 0.6 is 0 Å². The molecule has 3 aromatic rings. The molecule has 1 amide bonds. The van der Waals surface area contributed by atoms with Gasteiger partial charge in [-0.25, -0.2) is 4.39 Å². The molecule has 21 heavy (non-hydrogen) atoms. The number of pyridine rings is 1. The first-order chi connectivity index (χ1) is 10.2. The molecular weight excluding hydrogens is 267 g/mol. The van der Waals surface area contributed by atoms with Gasteiger partial charge in [0.2, 0.25) is 0 Å². The lowest BCUT2D eigenvalue weighted by Gasteiger charge is -2.18. The molecule has 0 atom stereocenters. The predicted octanol–water partition coefficient (Wildman–Crippen LogP) is 3.65. The zero-order valence-corrected chi connectivity index (χ0v) is 11.5. The molecule has 0 aliphatic heterocycles. The summed E-state index contributed by atoms with van der Waals surface area (Å²) in [5, 5.41) is 0.758. The van der Waals surface area contributed by atoms with Gasteiger partial charge in [-0.2, -0.15) is 0 Å². The van der Waals surface area contributed by atoms with E-state index in [4.69, 9.17) is 0 Å². The highest BCUT2D eigenvalue weighted by molar-refractivity contribution is 6.13. The second-order valence-electron chi connectivity index (χ2n) is 4.69. The molecule has 0 spiro atoms. The van der Waals surface area contributed by atoms with Crippen molar-refractivity contribution in [3.63, 3.8) is 0 Å². The molecule has 0 N–H and O–H groups in total. The van der Waals surface area contributed by atoms with E-state index >= 15 is 0 Å². The molecule has 1 aromatic heterocycles. The molecule has 0 bridgehead atoms. The van der Waals surface area contributed by atoms with Gasteiger partial charge >= 0.3 is 0 Å². The Labute approximate surface area is 121 Å². The Morgan fingerprint density at radius 3 is 2.67 bits per heavy atom. The topological polar surface area (TPSA) is 33.2 Å². The summed E-state index contributed by atoms with van der Waals surface area (Å²) in [5.41, 5.74) is 1.50. The SMILES string of the molecule is CN(C(=O)c1cccc2ncccc12)c1ccccc1F. The molecule has 2 aromatic carbocycles. The highest BCUT2D eigenvalue weighted by Crippen LogP contribution is 2.23. The van der Waals surface area contributed by atoms with Crippen molar-refractivity contribution in [3.8, 4) is 0 Å². The largest absolute Gasteiger partial charge is 0.309 e. The molecule has 0 saturated heterocycles. The van der Waals surface area contributed by atoms with Crippen LogP contribution in [0.3, 0.4) is 0 Å². The third-order valence-electron chi connectivity index (χ3n) is 3.39. The normalized spacial score (nSPS) is 10.6. The number of carbonyl (C=O) groups is 1. The van der Waals surface area contributed by atoms with Gasteiger partial charge in [-0.1, -0.05) is 24.3 Å². The van der Waals surface area contributed by atoms with Crippen LogP contribution in [0, 0.1) is 5.82 Å². The zero-order valence-electron chi connectivity index (χ0n) is 11.5. The predicted molar refractivity (Wildman–Crippen MR) is 80.9 cm³/mol. The maximum atomic E-state index is 13.8. The van der Waals surface area contributed by atoms with Crippen LogP contribution in [0.2, 0.25) is 0 Å². The third-order valence-corrected chi connectivity index (χ3v) is 3.39. The Hall–Kier alpha value is -2.75. The first-order valence-corrected chi connectivity index (χ1v) is 6.55. The molecule has 0 radical (unpaired) electrons. The quantitative estimate of drug-likeness (QED) is 0.718. The number of anilines is 1. The first kappa shape index (κ1) is 13.2. The fraction of sp³-hybridized carbons (Fsp3) is 0.0588. The second-order valence-corrected chi connectivity index (χ2v) is 4.69. The van der Waals surface area contributed by atoms with Crippen molar-refractivity contribution in [2.24, 2.45) is 0 Å². The number of rotatable bonds is 2. The molecule has 1 heterocycles. The summed E-state index contributed by atoms with van der Waals surface area (Å²) < 4.78 is 13.8. The molecule has 0 aliphatic carbocycles. The van der Waals surface area contributed by atoms with Crippen LogP contribution in [0.1, 0.15) is 10.4 Å². The van der Waals surface area contributed by atoms with Gasteiger partial charge in [-0.3, -0.25) is 9.78 Å². The van der Waals surface area contributed by atoms with Crippen molar-refractivity contribution in [1.29, 1.82) is 0 Å². The maximum absolute atomic E-state index is 13.8. The number of nitrogens with zero attached hydrogens (tertiary/aromatic N) is 2. The molecule has 3 rings (SSSR count). The van der Waals surface area contributed by atoms with E-state index in [1.165, 1.54) is 11.0 Å². The van der Waals surface area contributed by atoms with Gasteiger partial charge < -0.3 is 4.90 Å². The Bertz CT molecular complexity index is 811. The Morgan fingerprint density at radius 1 is 1.05 bits per heavy atom. The number of halogens is 1. The summed E-state index contributed by atoms with van der Waals surface area (Å²) >= 11 is 0. The number of para-hydroxylation sites is 1. The first-order valence-electron chi connectivity index (χ1n) is 6.55. The van der Waals surface area contributed by atoms with E-state index in [0.29, 0.717) is 5.56 Å². The summed E-state index contributed by atoms with van der Waals surface area (Å²) in [6.07, 6.45) is 1.68. The zero-order chi connectivity index (χ0) is 14.8. The molecule has 4 heteroatoms. The smallest absolute Gasteiger partial charge is 0.258 e. The van der Waals surface area contributed by atoms with Crippen LogP contribution in [-0.2, 0) is 0 Å². The van der Waals surface area contributed by atoms with E-state index in [1.54, 1.807) is 49.6 Å². The number of benzene rings is 2. The standard InChI is InChI=1S/C17H13FN2O/c1-20(16-10-3-2-8-14(16)18)17(21)13-6-4-9-15-12(13)7-5-11-19-15/h2-11H,1H3. The lowest BCUT2D eigenvalue weighted by molar-refractivity contribution is 0.0994. The van der Waals surface area contributed by atoms with E-state index in [2.05, 4.69) is 4.98 Å².